The molecule has 21 heavy (non-hydrogen) atoms. The highest BCUT2D eigenvalue weighted by Crippen LogP contribution is 2.22. The van der Waals surface area contributed by atoms with Crippen molar-refractivity contribution in [2.24, 2.45) is 0 Å². The molecule has 0 saturated carbocycles. The monoisotopic (exact) mass is 289 g/mol. The van der Waals surface area contributed by atoms with E-state index in [9.17, 15) is 4.79 Å². The molecule has 1 fully saturated rings. The minimum absolute atomic E-state index is 0.154. The third-order valence-electron chi connectivity index (χ3n) is 4.15. The molecule has 116 valence electrons. The summed E-state index contributed by atoms with van der Waals surface area (Å²) in [6, 6.07) is 6.56. The molecule has 1 aliphatic rings. The van der Waals surface area contributed by atoms with Crippen LogP contribution in [0.1, 0.15) is 35.7 Å². The van der Waals surface area contributed by atoms with Crippen molar-refractivity contribution in [1.29, 1.82) is 0 Å². The SMILES string of the molecule is CCCNc1ccc(C)cc1C(=O)N1CCC(N(C)C)C1. The minimum Gasteiger partial charge on any atom is -0.384 e. The van der Waals surface area contributed by atoms with Crippen molar-refractivity contribution in [2.75, 3.05) is 39.0 Å². The molecule has 1 aliphatic heterocycles. The maximum atomic E-state index is 12.8. The van der Waals surface area contributed by atoms with Gasteiger partial charge < -0.3 is 15.1 Å². The van der Waals surface area contributed by atoms with Gasteiger partial charge in [-0.15, -0.1) is 0 Å². The minimum atomic E-state index is 0.154. The molecule has 4 nitrogen and oxygen atoms in total. The fourth-order valence-corrected chi connectivity index (χ4v) is 2.77. The summed E-state index contributed by atoms with van der Waals surface area (Å²) in [5.74, 6) is 0.154. The molecular formula is C17H27N3O. The molecule has 1 unspecified atom stereocenters. The number of likely N-dealkylation sites (N-methyl/N-ethyl adjacent to an activating group) is 1. The number of carbonyl (C=O) groups is 1. The number of benzene rings is 1. The van der Waals surface area contributed by atoms with Crippen LogP contribution in [-0.4, -0.2) is 55.5 Å². The maximum absolute atomic E-state index is 12.8. The first kappa shape index (κ1) is 15.8. The number of amides is 1. The molecular weight excluding hydrogens is 262 g/mol. The molecule has 2 rings (SSSR count). The van der Waals surface area contributed by atoms with Crippen LogP contribution in [0, 0.1) is 6.92 Å². The van der Waals surface area contributed by atoms with Crippen LogP contribution in [0.5, 0.6) is 0 Å². The van der Waals surface area contributed by atoms with E-state index in [1.165, 1.54) is 0 Å². The fourth-order valence-electron chi connectivity index (χ4n) is 2.77. The van der Waals surface area contributed by atoms with Crippen LogP contribution in [0.4, 0.5) is 5.69 Å². The number of nitrogens with zero attached hydrogens (tertiary/aromatic N) is 2. The van der Waals surface area contributed by atoms with Gasteiger partial charge in [0.25, 0.3) is 5.91 Å². The Morgan fingerprint density at radius 3 is 2.81 bits per heavy atom. The molecule has 0 radical (unpaired) electrons. The van der Waals surface area contributed by atoms with Gasteiger partial charge in [-0.2, -0.15) is 0 Å². The molecule has 1 N–H and O–H groups in total. The van der Waals surface area contributed by atoms with Gasteiger partial charge in [-0.3, -0.25) is 4.79 Å². The number of rotatable bonds is 5. The Kier molecular flexibility index (Phi) is 5.23. The number of carbonyl (C=O) groups excluding carboxylic acids is 1. The van der Waals surface area contributed by atoms with E-state index >= 15 is 0 Å². The Morgan fingerprint density at radius 2 is 2.19 bits per heavy atom. The predicted molar refractivity (Wildman–Crippen MR) is 88.0 cm³/mol. The molecule has 0 spiro atoms. The zero-order valence-corrected chi connectivity index (χ0v) is 13.6. The molecule has 1 amide bonds. The lowest BCUT2D eigenvalue weighted by molar-refractivity contribution is 0.0784. The van der Waals surface area contributed by atoms with E-state index in [2.05, 4.69) is 37.3 Å². The predicted octanol–water partition coefficient (Wildman–Crippen LogP) is 2.59. The lowest BCUT2D eigenvalue weighted by Gasteiger charge is -2.22. The summed E-state index contributed by atoms with van der Waals surface area (Å²) < 4.78 is 0. The Labute approximate surface area is 128 Å². The van der Waals surface area contributed by atoms with Gasteiger partial charge in [-0.25, -0.2) is 0 Å². The van der Waals surface area contributed by atoms with E-state index in [4.69, 9.17) is 0 Å². The average Bonchev–Trinajstić information content (AvgIpc) is 2.95. The van der Waals surface area contributed by atoms with E-state index in [1.54, 1.807) is 0 Å². The molecule has 0 bridgehead atoms. The van der Waals surface area contributed by atoms with Crippen molar-refractivity contribution < 1.29 is 4.79 Å². The summed E-state index contributed by atoms with van der Waals surface area (Å²) in [5, 5.41) is 3.37. The van der Waals surface area contributed by atoms with Crippen LogP contribution in [0.3, 0.4) is 0 Å². The molecule has 0 aliphatic carbocycles. The first-order chi connectivity index (χ1) is 10.0. The van der Waals surface area contributed by atoms with Crippen LogP contribution in [0.2, 0.25) is 0 Å². The van der Waals surface area contributed by atoms with Crippen LogP contribution >= 0.6 is 0 Å². The van der Waals surface area contributed by atoms with Gasteiger partial charge in [0.05, 0.1) is 5.56 Å². The summed E-state index contributed by atoms with van der Waals surface area (Å²) in [4.78, 5) is 17.0. The van der Waals surface area contributed by atoms with Gasteiger partial charge in [0.1, 0.15) is 0 Å². The number of nitrogens with one attached hydrogen (secondary N) is 1. The van der Waals surface area contributed by atoms with Gasteiger partial charge in [0.15, 0.2) is 0 Å². The smallest absolute Gasteiger partial charge is 0.256 e. The molecule has 1 aromatic rings. The number of hydrogen-bond acceptors (Lipinski definition) is 3. The Morgan fingerprint density at radius 1 is 1.43 bits per heavy atom. The zero-order valence-electron chi connectivity index (χ0n) is 13.6. The van der Waals surface area contributed by atoms with Crippen LogP contribution in [-0.2, 0) is 0 Å². The number of likely N-dealkylation sites (tertiary alicyclic amines) is 1. The second kappa shape index (κ2) is 6.94. The van der Waals surface area contributed by atoms with Crippen molar-refractivity contribution >= 4 is 11.6 Å². The molecule has 0 aromatic heterocycles. The highest BCUT2D eigenvalue weighted by Gasteiger charge is 2.29. The second-order valence-corrected chi connectivity index (χ2v) is 6.13. The lowest BCUT2D eigenvalue weighted by atomic mass is 10.1. The highest BCUT2D eigenvalue weighted by molar-refractivity contribution is 6.00. The summed E-state index contributed by atoms with van der Waals surface area (Å²) in [7, 11) is 4.17. The first-order valence-electron chi connectivity index (χ1n) is 7.83. The summed E-state index contributed by atoms with van der Waals surface area (Å²) >= 11 is 0. The normalized spacial score (nSPS) is 18.3. The number of aryl methyl sites for hydroxylation is 1. The van der Waals surface area contributed by atoms with Gasteiger partial charge in [-0.05, 0) is 46.0 Å². The van der Waals surface area contributed by atoms with Crippen molar-refractivity contribution in [1.82, 2.24) is 9.80 Å². The Bertz CT molecular complexity index is 499. The van der Waals surface area contributed by atoms with Crippen molar-refractivity contribution in [3.8, 4) is 0 Å². The fraction of sp³-hybridized carbons (Fsp3) is 0.588. The van der Waals surface area contributed by atoms with E-state index in [0.717, 1.165) is 49.3 Å². The largest absolute Gasteiger partial charge is 0.384 e. The zero-order chi connectivity index (χ0) is 15.4. The Hall–Kier alpha value is -1.55. The van der Waals surface area contributed by atoms with E-state index in [1.807, 2.05) is 24.0 Å². The van der Waals surface area contributed by atoms with Crippen LogP contribution < -0.4 is 5.32 Å². The van der Waals surface area contributed by atoms with E-state index in [-0.39, 0.29) is 5.91 Å². The maximum Gasteiger partial charge on any atom is 0.256 e. The highest BCUT2D eigenvalue weighted by atomic mass is 16.2. The molecule has 1 atom stereocenters. The summed E-state index contributed by atoms with van der Waals surface area (Å²) in [6.45, 7) is 6.73. The van der Waals surface area contributed by atoms with Gasteiger partial charge in [0, 0.05) is 31.4 Å². The van der Waals surface area contributed by atoms with Gasteiger partial charge in [0.2, 0.25) is 0 Å². The van der Waals surface area contributed by atoms with E-state index < -0.39 is 0 Å². The molecule has 1 aromatic carbocycles. The molecule has 1 heterocycles. The third-order valence-corrected chi connectivity index (χ3v) is 4.15. The average molecular weight is 289 g/mol. The standard InChI is InChI=1S/C17H27N3O/c1-5-9-18-16-7-6-13(2)11-15(16)17(21)20-10-8-14(12-20)19(3)4/h6-7,11,14,18H,5,8-10,12H2,1-4H3. The topological polar surface area (TPSA) is 35.6 Å². The second-order valence-electron chi connectivity index (χ2n) is 6.13. The molecule has 4 heteroatoms. The third kappa shape index (κ3) is 3.76. The van der Waals surface area contributed by atoms with Crippen LogP contribution in [0.25, 0.3) is 0 Å². The number of anilines is 1. The van der Waals surface area contributed by atoms with E-state index in [0.29, 0.717) is 6.04 Å². The Balaban J connectivity index is 2.16. The van der Waals surface area contributed by atoms with Gasteiger partial charge in [-0.1, -0.05) is 18.6 Å². The summed E-state index contributed by atoms with van der Waals surface area (Å²) in [5.41, 5.74) is 2.90. The van der Waals surface area contributed by atoms with Crippen molar-refractivity contribution in [3.05, 3.63) is 29.3 Å². The molecule has 1 saturated heterocycles. The van der Waals surface area contributed by atoms with Gasteiger partial charge >= 0.3 is 0 Å². The summed E-state index contributed by atoms with van der Waals surface area (Å²) in [6.07, 6.45) is 2.11. The number of hydrogen-bond donors (Lipinski definition) is 1. The lowest BCUT2D eigenvalue weighted by Crippen LogP contribution is -2.34. The van der Waals surface area contributed by atoms with Crippen molar-refractivity contribution in [3.63, 3.8) is 0 Å². The quantitative estimate of drug-likeness (QED) is 0.905. The van der Waals surface area contributed by atoms with Crippen molar-refractivity contribution in [2.45, 2.75) is 32.7 Å². The first-order valence-corrected chi connectivity index (χ1v) is 7.83. The van der Waals surface area contributed by atoms with Crippen LogP contribution in [0.15, 0.2) is 18.2 Å².